The van der Waals surface area contributed by atoms with Crippen molar-refractivity contribution >= 4 is 56.6 Å². The van der Waals surface area contributed by atoms with Crippen LogP contribution in [0.4, 0.5) is 11.4 Å². The molecule has 0 saturated carbocycles. The van der Waals surface area contributed by atoms with Gasteiger partial charge in [-0.2, -0.15) is 0 Å². The molecule has 0 unspecified atom stereocenters. The molecule has 2 heterocycles. The molecule has 4 aromatic carbocycles. The number of rotatable bonds is 16. The highest BCUT2D eigenvalue weighted by Crippen LogP contribution is 2.27. The second-order valence-corrected chi connectivity index (χ2v) is 15.6. The number of hydrogen-bond donors (Lipinski definition) is 2. The Kier molecular flexibility index (Phi) is 14.8. The molecule has 2 aromatic heterocycles. The van der Waals surface area contributed by atoms with E-state index in [1.54, 1.807) is 0 Å². The van der Waals surface area contributed by atoms with Gasteiger partial charge in [0.05, 0.1) is 22.1 Å². The van der Waals surface area contributed by atoms with Crippen LogP contribution in [0.25, 0.3) is 44.8 Å². The van der Waals surface area contributed by atoms with Gasteiger partial charge in [0.25, 0.3) is 0 Å². The largest absolute Gasteiger partial charge is 0.369 e. The van der Waals surface area contributed by atoms with Crippen molar-refractivity contribution in [3.8, 4) is 22.8 Å². The molecule has 0 radical (unpaired) electrons. The normalized spacial score (nSPS) is 11.7. The van der Waals surface area contributed by atoms with Gasteiger partial charge in [-0.3, -0.25) is 0 Å². The van der Waals surface area contributed by atoms with Crippen molar-refractivity contribution in [2.45, 2.75) is 0 Å². The number of halogens is 2. The quantitative estimate of drug-likeness (QED) is 0.104. The molecule has 0 aliphatic carbocycles. The first-order valence-electron chi connectivity index (χ1n) is 18.4. The molecule has 0 amide bonds. The number of benzene rings is 4. The summed E-state index contributed by atoms with van der Waals surface area (Å²) in [4.78, 5) is 29.8. The molecule has 54 heavy (non-hydrogen) atoms. The SMILES string of the molecule is CN(C)CCN(CCN(C)C)c1ccc(-c2nc3ccc(Cl)cc3[nH]2)cc1.CN(C)CCN(CCN(C)C)c1ccc(-c2nc3ccc(Cl)cc3[nH]2)cc1. The Morgan fingerprint density at radius 1 is 0.426 bits per heavy atom. The molecule has 0 saturated heterocycles. The molecule has 0 spiro atoms. The van der Waals surface area contributed by atoms with E-state index in [2.05, 4.69) is 154 Å². The summed E-state index contributed by atoms with van der Waals surface area (Å²) < 4.78 is 0. The Morgan fingerprint density at radius 2 is 0.741 bits per heavy atom. The summed E-state index contributed by atoms with van der Waals surface area (Å²) in [5, 5.41) is 1.43. The van der Waals surface area contributed by atoms with Crippen LogP contribution >= 0.6 is 23.2 Å². The van der Waals surface area contributed by atoms with Crippen molar-refractivity contribution in [1.29, 1.82) is 0 Å². The van der Waals surface area contributed by atoms with E-state index in [4.69, 9.17) is 23.2 Å². The molecule has 2 N–H and O–H groups in total. The maximum Gasteiger partial charge on any atom is 0.138 e. The summed E-state index contributed by atoms with van der Waals surface area (Å²) in [5.74, 6) is 1.74. The van der Waals surface area contributed by atoms with Gasteiger partial charge in [-0.25, -0.2) is 9.97 Å². The predicted molar refractivity (Wildman–Crippen MR) is 232 cm³/mol. The maximum absolute atomic E-state index is 6.07. The zero-order chi connectivity index (χ0) is 38.8. The number of aromatic amines is 2. The Bertz CT molecular complexity index is 1860. The van der Waals surface area contributed by atoms with E-state index < -0.39 is 0 Å². The van der Waals surface area contributed by atoms with Crippen LogP contribution in [0.15, 0.2) is 84.9 Å². The van der Waals surface area contributed by atoms with E-state index in [1.807, 2.05) is 36.4 Å². The molecule has 0 fully saturated rings. The highest BCUT2D eigenvalue weighted by atomic mass is 35.5. The van der Waals surface area contributed by atoms with E-state index in [9.17, 15) is 0 Å². The predicted octanol–water partition coefficient (Wildman–Crippen LogP) is 7.63. The van der Waals surface area contributed by atoms with E-state index in [0.29, 0.717) is 10.0 Å². The summed E-state index contributed by atoms with van der Waals surface area (Å²) in [7, 11) is 16.9. The number of aromatic nitrogens is 4. The minimum atomic E-state index is 0.713. The summed E-state index contributed by atoms with van der Waals surface area (Å²) in [5.41, 5.74) is 8.40. The molecule has 12 heteroatoms. The summed E-state index contributed by atoms with van der Waals surface area (Å²) >= 11 is 12.1. The minimum absolute atomic E-state index is 0.713. The van der Waals surface area contributed by atoms with E-state index in [1.165, 1.54) is 11.4 Å². The van der Waals surface area contributed by atoms with Crippen LogP contribution in [0.2, 0.25) is 10.0 Å². The summed E-state index contributed by atoms with van der Waals surface area (Å²) in [6, 6.07) is 28.7. The number of nitrogens with zero attached hydrogens (tertiary/aromatic N) is 8. The van der Waals surface area contributed by atoms with Crippen LogP contribution in [-0.2, 0) is 0 Å². The Balaban J connectivity index is 0.000000208. The van der Waals surface area contributed by atoms with Crippen molar-refractivity contribution in [3.63, 3.8) is 0 Å². The van der Waals surface area contributed by atoms with Gasteiger partial charge in [0.1, 0.15) is 11.6 Å². The highest BCUT2D eigenvalue weighted by Gasteiger charge is 2.12. The van der Waals surface area contributed by atoms with Crippen LogP contribution < -0.4 is 9.80 Å². The van der Waals surface area contributed by atoms with Crippen LogP contribution in [0.1, 0.15) is 0 Å². The summed E-state index contributed by atoms with van der Waals surface area (Å²) in [6.45, 7) is 8.12. The van der Waals surface area contributed by atoms with E-state index in [-0.39, 0.29) is 0 Å². The third kappa shape index (κ3) is 11.9. The lowest BCUT2D eigenvalue weighted by molar-refractivity contribution is 0.391. The second kappa shape index (κ2) is 19.4. The van der Waals surface area contributed by atoms with Crippen molar-refractivity contribution < 1.29 is 0 Å². The molecule has 0 aliphatic heterocycles. The fourth-order valence-electron chi connectivity index (χ4n) is 5.92. The topological polar surface area (TPSA) is 76.8 Å². The first-order valence-corrected chi connectivity index (χ1v) is 19.2. The molecular formula is C42H56Cl2N10. The first kappa shape index (κ1) is 41.0. The minimum Gasteiger partial charge on any atom is -0.369 e. The zero-order valence-electron chi connectivity index (χ0n) is 33.1. The number of imidazole rings is 2. The average molecular weight is 772 g/mol. The lowest BCUT2D eigenvalue weighted by Gasteiger charge is -2.28. The van der Waals surface area contributed by atoms with Gasteiger partial charge in [-0.05, 0) is 141 Å². The number of nitrogens with one attached hydrogen (secondary N) is 2. The maximum atomic E-state index is 6.07. The fourth-order valence-corrected chi connectivity index (χ4v) is 6.26. The van der Waals surface area contributed by atoms with Gasteiger partial charge >= 0.3 is 0 Å². The lowest BCUT2D eigenvalue weighted by atomic mass is 10.2. The zero-order valence-corrected chi connectivity index (χ0v) is 34.6. The molecule has 6 aromatic rings. The Hall–Kier alpha value is -4.16. The van der Waals surface area contributed by atoms with E-state index in [0.717, 1.165) is 97.2 Å². The third-order valence-electron chi connectivity index (χ3n) is 9.17. The standard InChI is InChI=1S/2C21H28ClN5/c2*1-25(2)11-13-27(14-12-26(3)4)18-8-5-16(6-9-18)21-23-19-10-7-17(22)15-20(19)24-21/h2*5-10,15H,11-14H2,1-4H3,(H,23,24). The van der Waals surface area contributed by atoms with Crippen molar-refractivity contribution in [1.82, 2.24) is 39.5 Å². The Labute approximate surface area is 331 Å². The van der Waals surface area contributed by atoms with Crippen LogP contribution in [0, 0.1) is 0 Å². The van der Waals surface area contributed by atoms with Crippen molar-refractivity contribution in [2.24, 2.45) is 0 Å². The van der Waals surface area contributed by atoms with Gasteiger partial charge < -0.3 is 39.4 Å². The van der Waals surface area contributed by atoms with Gasteiger partial charge in [-0.15, -0.1) is 0 Å². The fraction of sp³-hybridized carbons (Fsp3) is 0.381. The molecule has 0 bridgehead atoms. The van der Waals surface area contributed by atoms with Gasteiger partial charge in [0, 0.05) is 84.9 Å². The number of fused-ring (bicyclic) bond motifs is 2. The number of anilines is 2. The number of H-pyrrole nitrogens is 2. The summed E-state index contributed by atoms with van der Waals surface area (Å²) in [6.07, 6.45) is 0. The monoisotopic (exact) mass is 770 g/mol. The molecule has 0 aliphatic rings. The molecule has 10 nitrogen and oxygen atoms in total. The molecule has 288 valence electrons. The molecular weight excluding hydrogens is 715 g/mol. The smallest absolute Gasteiger partial charge is 0.138 e. The number of likely N-dealkylation sites (N-methyl/N-ethyl adjacent to an activating group) is 4. The molecule has 0 atom stereocenters. The van der Waals surface area contributed by atoms with Crippen molar-refractivity contribution in [2.75, 3.05) is 119 Å². The lowest BCUT2D eigenvalue weighted by Crippen LogP contribution is -2.36. The van der Waals surface area contributed by atoms with Crippen molar-refractivity contribution in [3.05, 3.63) is 95.0 Å². The highest BCUT2D eigenvalue weighted by molar-refractivity contribution is 6.31. The van der Waals surface area contributed by atoms with Crippen LogP contribution in [-0.4, -0.2) is 148 Å². The third-order valence-corrected chi connectivity index (χ3v) is 9.64. The van der Waals surface area contributed by atoms with Crippen LogP contribution in [0.3, 0.4) is 0 Å². The number of hydrogen-bond acceptors (Lipinski definition) is 8. The Morgan fingerprint density at radius 3 is 1.04 bits per heavy atom. The van der Waals surface area contributed by atoms with Crippen LogP contribution in [0.5, 0.6) is 0 Å². The second-order valence-electron chi connectivity index (χ2n) is 14.8. The van der Waals surface area contributed by atoms with Gasteiger partial charge in [0.15, 0.2) is 0 Å². The van der Waals surface area contributed by atoms with Gasteiger partial charge in [0.2, 0.25) is 0 Å². The average Bonchev–Trinajstić information content (AvgIpc) is 3.76. The molecule has 6 rings (SSSR count). The van der Waals surface area contributed by atoms with Gasteiger partial charge in [-0.1, -0.05) is 23.2 Å². The first-order chi connectivity index (χ1) is 25.8. The van der Waals surface area contributed by atoms with E-state index >= 15 is 0 Å².